The molecule has 0 atom stereocenters. The van der Waals surface area contributed by atoms with E-state index >= 15 is 0 Å². The van der Waals surface area contributed by atoms with E-state index in [0.29, 0.717) is 21.7 Å². The summed E-state index contributed by atoms with van der Waals surface area (Å²) in [6.45, 7) is 4.93. The zero-order valence-electron chi connectivity index (χ0n) is 11.2. The Kier molecular flexibility index (Phi) is 5.10. The lowest BCUT2D eigenvalue weighted by molar-refractivity contribution is 0.677. The van der Waals surface area contributed by atoms with Crippen molar-refractivity contribution < 1.29 is 0 Å². The number of nitrogen functional groups attached to an aromatic ring is 1. The van der Waals surface area contributed by atoms with Crippen molar-refractivity contribution in [2.45, 2.75) is 26.4 Å². The van der Waals surface area contributed by atoms with E-state index in [2.05, 4.69) is 40.6 Å². The highest BCUT2D eigenvalue weighted by atomic mass is 35.5. The smallest absolute Gasteiger partial charge is 0.161 e. The van der Waals surface area contributed by atoms with Crippen LogP contribution in [0, 0.1) is 0 Å². The van der Waals surface area contributed by atoms with Crippen molar-refractivity contribution in [3.63, 3.8) is 0 Å². The Morgan fingerprint density at radius 1 is 1.40 bits per heavy atom. The minimum Gasteiger partial charge on any atom is -0.348 e. The van der Waals surface area contributed by atoms with E-state index in [4.69, 9.17) is 29.0 Å². The van der Waals surface area contributed by atoms with Gasteiger partial charge in [0.05, 0.1) is 16.6 Å². The first-order chi connectivity index (χ1) is 9.52. The molecule has 0 aliphatic carbocycles. The van der Waals surface area contributed by atoms with E-state index < -0.39 is 0 Å². The minimum absolute atomic E-state index is 0.244. The molecule has 2 aromatic rings. The van der Waals surface area contributed by atoms with Gasteiger partial charge in [-0.25, -0.2) is 10.8 Å². The maximum absolute atomic E-state index is 6.28. The van der Waals surface area contributed by atoms with Crippen LogP contribution in [0.15, 0.2) is 23.6 Å². The highest BCUT2D eigenvalue weighted by Crippen LogP contribution is 2.33. The highest BCUT2D eigenvalue weighted by molar-refractivity contribution is 7.09. The number of rotatable bonds is 5. The van der Waals surface area contributed by atoms with Gasteiger partial charge in [-0.1, -0.05) is 29.3 Å². The molecule has 2 heterocycles. The van der Waals surface area contributed by atoms with Crippen LogP contribution in [0.5, 0.6) is 0 Å². The Bertz CT molecular complexity index is 572. The SMILES string of the molecule is CC(C)N(Cc1cccs1)c1nc(NN)c(Cl)cc1Cl. The summed E-state index contributed by atoms with van der Waals surface area (Å²) >= 11 is 14.0. The number of anilines is 2. The molecule has 4 nitrogen and oxygen atoms in total. The Hall–Kier alpha value is -1.01. The molecule has 0 amide bonds. The van der Waals surface area contributed by atoms with Gasteiger partial charge in [0.2, 0.25) is 0 Å². The number of aromatic nitrogens is 1. The van der Waals surface area contributed by atoms with Crippen molar-refractivity contribution in [3.8, 4) is 0 Å². The van der Waals surface area contributed by atoms with Crippen LogP contribution in [0.1, 0.15) is 18.7 Å². The first-order valence-electron chi connectivity index (χ1n) is 6.14. The van der Waals surface area contributed by atoms with Gasteiger partial charge in [0, 0.05) is 10.9 Å². The quantitative estimate of drug-likeness (QED) is 0.638. The molecule has 7 heteroatoms. The lowest BCUT2D eigenvalue weighted by atomic mass is 10.2. The van der Waals surface area contributed by atoms with E-state index in [0.717, 1.165) is 6.54 Å². The molecular weight excluding hydrogens is 315 g/mol. The number of thiophene rings is 1. The minimum atomic E-state index is 0.244. The van der Waals surface area contributed by atoms with Gasteiger partial charge in [0.15, 0.2) is 11.6 Å². The molecule has 0 aliphatic heterocycles. The number of halogens is 2. The van der Waals surface area contributed by atoms with Crippen molar-refractivity contribution >= 4 is 46.2 Å². The molecule has 0 saturated heterocycles. The van der Waals surface area contributed by atoms with Crippen LogP contribution in [0.3, 0.4) is 0 Å². The number of hydrogen-bond acceptors (Lipinski definition) is 5. The summed E-state index contributed by atoms with van der Waals surface area (Å²) in [6.07, 6.45) is 0. The van der Waals surface area contributed by atoms with E-state index in [1.54, 1.807) is 17.4 Å². The lowest BCUT2D eigenvalue weighted by Crippen LogP contribution is -2.31. The predicted octanol–water partition coefficient (Wildman–Crippen LogP) is 4.15. The van der Waals surface area contributed by atoms with Crippen LogP contribution in [0.4, 0.5) is 11.6 Å². The van der Waals surface area contributed by atoms with E-state index in [1.807, 2.05) is 6.07 Å². The largest absolute Gasteiger partial charge is 0.348 e. The maximum atomic E-state index is 6.28. The molecule has 2 aromatic heterocycles. The topological polar surface area (TPSA) is 54.2 Å². The highest BCUT2D eigenvalue weighted by Gasteiger charge is 2.18. The van der Waals surface area contributed by atoms with Gasteiger partial charge in [-0.05, 0) is 31.4 Å². The molecule has 108 valence electrons. The Balaban J connectivity index is 2.38. The van der Waals surface area contributed by atoms with E-state index in [1.165, 1.54) is 4.88 Å². The van der Waals surface area contributed by atoms with Crippen LogP contribution in [0.25, 0.3) is 0 Å². The molecule has 20 heavy (non-hydrogen) atoms. The van der Waals surface area contributed by atoms with Crippen molar-refractivity contribution in [3.05, 3.63) is 38.5 Å². The third kappa shape index (κ3) is 3.35. The Morgan fingerprint density at radius 3 is 2.70 bits per heavy atom. The molecular formula is C13H16Cl2N4S. The second-order valence-corrected chi connectivity index (χ2v) is 6.42. The Morgan fingerprint density at radius 2 is 2.15 bits per heavy atom. The number of nitrogens with zero attached hydrogens (tertiary/aromatic N) is 2. The molecule has 0 radical (unpaired) electrons. The molecule has 2 rings (SSSR count). The number of hydrazine groups is 1. The first-order valence-corrected chi connectivity index (χ1v) is 7.78. The maximum Gasteiger partial charge on any atom is 0.161 e. The number of nitrogens with two attached hydrogens (primary N) is 1. The van der Waals surface area contributed by atoms with Crippen LogP contribution >= 0.6 is 34.5 Å². The zero-order chi connectivity index (χ0) is 14.7. The third-order valence-corrected chi connectivity index (χ3v) is 4.28. The standard InChI is InChI=1S/C13H16Cl2N4S/c1-8(2)19(7-9-4-3-5-20-9)13-11(15)6-10(14)12(17-13)18-16/h3-6,8H,7,16H2,1-2H3,(H,17,18). The summed E-state index contributed by atoms with van der Waals surface area (Å²) in [5.74, 6) is 6.52. The fraction of sp³-hybridized carbons (Fsp3) is 0.308. The molecule has 3 N–H and O–H groups in total. The van der Waals surface area contributed by atoms with Crippen molar-refractivity contribution in [1.82, 2.24) is 4.98 Å². The molecule has 0 aliphatic rings. The molecule has 0 saturated carbocycles. The van der Waals surface area contributed by atoms with Crippen molar-refractivity contribution in [2.24, 2.45) is 5.84 Å². The normalized spacial score (nSPS) is 10.9. The molecule has 0 aromatic carbocycles. The van der Waals surface area contributed by atoms with Crippen LogP contribution < -0.4 is 16.2 Å². The number of nitrogens with one attached hydrogen (secondary N) is 1. The molecule has 0 unspecified atom stereocenters. The zero-order valence-corrected chi connectivity index (χ0v) is 13.6. The van der Waals surface area contributed by atoms with Crippen LogP contribution in [0.2, 0.25) is 10.0 Å². The predicted molar refractivity (Wildman–Crippen MR) is 87.7 cm³/mol. The third-order valence-electron chi connectivity index (χ3n) is 2.85. The fourth-order valence-electron chi connectivity index (χ4n) is 1.83. The van der Waals surface area contributed by atoms with Crippen molar-refractivity contribution in [2.75, 3.05) is 10.3 Å². The van der Waals surface area contributed by atoms with E-state index in [-0.39, 0.29) is 6.04 Å². The second-order valence-electron chi connectivity index (χ2n) is 4.57. The van der Waals surface area contributed by atoms with Gasteiger partial charge in [0.1, 0.15) is 0 Å². The second kappa shape index (κ2) is 6.63. The fourth-order valence-corrected chi connectivity index (χ4v) is 3.06. The molecule has 0 bridgehead atoms. The van der Waals surface area contributed by atoms with E-state index in [9.17, 15) is 0 Å². The van der Waals surface area contributed by atoms with Gasteiger partial charge in [-0.2, -0.15) is 0 Å². The monoisotopic (exact) mass is 330 g/mol. The summed E-state index contributed by atoms with van der Waals surface area (Å²) in [5, 5.41) is 2.97. The molecule has 0 spiro atoms. The average molecular weight is 331 g/mol. The average Bonchev–Trinajstić information content (AvgIpc) is 2.89. The van der Waals surface area contributed by atoms with Crippen molar-refractivity contribution in [1.29, 1.82) is 0 Å². The number of pyridine rings is 1. The number of hydrogen-bond donors (Lipinski definition) is 2. The van der Waals surface area contributed by atoms with Gasteiger partial charge < -0.3 is 10.3 Å². The lowest BCUT2D eigenvalue weighted by Gasteiger charge is -2.28. The first kappa shape index (κ1) is 15.4. The van der Waals surface area contributed by atoms with Gasteiger partial charge in [-0.15, -0.1) is 11.3 Å². The van der Waals surface area contributed by atoms with Gasteiger partial charge >= 0.3 is 0 Å². The van der Waals surface area contributed by atoms with Gasteiger partial charge in [0.25, 0.3) is 0 Å². The summed E-state index contributed by atoms with van der Waals surface area (Å²) < 4.78 is 0. The molecule has 0 fully saturated rings. The summed E-state index contributed by atoms with van der Waals surface area (Å²) in [5.41, 5.74) is 2.49. The van der Waals surface area contributed by atoms with Crippen LogP contribution in [-0.4, -0.2) is 11.0 Å². The van der Waals surface area contributed by atoms with Crippen LogP contribution in [-0.2, 0) is 6.54 Å². The van der Waals surface area contributed by atoms with Gasteiger partial charge in [-0.3, -0.25) is 0 Å². The summed E-state index contributed by atoms with van der Waals surface area (Å²) in [4.78, 5) is 7.78. The summed E-state index contributed by atoms with van der Waals surface area (Å²) in [7, 11) is 0. The Labute approximate surface area is 132 Å². The summed E-state index contributed by atoms with van der Waals surface area (Å²) in [6, 6.07) is 6.02.